The Morgan fingerprint density at radius 2 is 0.481 bits per heavy atom. The summed E-state index contributed by atoms with van der Waals surface area (Å²) in [5.74, 6) is 3.61. The van der Waals surface area contributed by atoms with Gasteiger partial charge in [-0.05, 0) is 146 Å². The van der Waals surface area contributed by atoms with Crippen LogP contribution >= 0.6 is 31.7 Å². The third-order valence-electron chi connectivity index (χ3n) is 13.5. The molecule has 0 aliphatic carbocycles. The fraction of sp³-hybridized carbons (Fsp3) is 0.210. The summed E-state index contributed by atoms with van der Waals surface area (Å²) >= 11 is 0. The van der Waals surface area contributed by atoms with E-state index in [2.05, 4.69) is 238 Å². The number of ether oxygens (including phenoxy) is 4. The number of nitrogens with zero attached hydrogens (tertiary/aromatic N) is 5. The molecule has 0 N–H and O–H groups in total. The third kappa shape index (κ3) is 20.0. The second kappa shape index (κ2) is 33.0. The molecule has 0 spiro atoms. The molecule has 2 fully saturated rings. The number of anilines is 4. The zero-order valence-corrected chi connectivity index (χ0v) is 51.9. The number of benzene rings is 8. The van der Waals surface area contributed by atoms with Gasteiger partial charge in [0.2, 0.25) is 0 Å². The van der Waals surface area contributed by atoms with Crippen LogP contribution in [0.4, 0.5) is 40.0 Å². The van der Waals surface area contributed by atoms with Crippen molar-refractivity contribution < 1.29 is 55.7 Å². The van der Waals surface area contributed by atoms with E-state index in [1.54, 1.807) is 34.5 Å². The van der Waals surface area contributed by atoms with Crippen molar-refractivity contribution in [2.75, 3.05) is 98.3 Å². The molecule has 0 unspecified atom stereocenters. The van der Waals surface area contributed by atoms with Gasteiger partial charge >= 0.3 is 7.25 Å². The van der Waals surface area contributed by atoms with Gasteiger partial charge in [0.05, 0.1) is 87.4 Å². The van der Waals surface area contributed by atoms with Crippen molar-refractivity contribution in [2.45, 2.75) is 6.92 Å². The maximum Gasteiger partial charge on any atom is 0.673 e. The smallest absolute Gasteiger partial charge is 0.497 e. The van der Waals surface area contributed by atoms with Crippen molar-refractivity contribution in [3.63, 3.8) is 0 Å². The zero-order valence-electron chi connectivity index (χ0n) is 46.2. The molecule has 0 atom stereocenters. The fourth-order valence-electron chi connectivity index (χ4n) is 9.59. The van der Waals surface area contributed by atoms with Gasteiger partial charge in [-0.1, -0.05) is 72.8 Å². The number of hydrogen-bond acceptors (Lipinski definition) is 9. The van der Waals surface area contributed by atoms with Gasteiger partial charge in [0.25, 0.3) is 0 Å². The molecule has 2 heterocycles. The molecule has 0 bridgehead atoms. The van der Waals surface area contributed by atoms with Crippen LogP contribution in [0.5, 0.6) is 23.0 Å². The minimum atomic E-state index is -6.00. The number of rotatable bonds is 12. The molecule has 2 saturated heterocycles. The summed E-state index contributed by atoms with van der Waals surface area (Å²) in [6, 6.07) is 80.6. The maximum atomic E-state index is 9.75. The molecule has 10 rings (SSSR count). The molecule has 19 heteroatoms. The van der Waals surface area contributed by atoms with Gasteiger partial charge in [0.1, 0.15) is 73.3 Å². The van der Waals surface area contributed by atoms with E-state index >= 15 is 0 Å². The number of methoxy groups -OCH3 is 4. The average molecular weight is 1260 g/mol. The zero-order chi connectivity index (χ0) is 56.7. The molecule has 2 aliphatic rings. The van der Waals surface area contributed by atoms with Crippen molar-refractivity contribution in [2.24, 2.45) is 0 Å². The molecule has 9 nitrogen and oxygen atoms in total. The largest absolute Gasteiger partial charge is 0.673 e. The Hall–Kier alpha value is -6.22. The van der Waals surface area contributed by atoms with Gasteiger partial charge in [-0.3, -0.25) is 0 Å². The number of halogens is 4. The van der Waals surface area contributed by atoms with Crippen molar-refractivity contribution in [1.29, 1.82) is 5.26 Å². The van der Waals surface area contributed by atoms with E-state index in [-0.39, 0.29) is 19.5 Å². The van der Waals surface area contributed by atoms with Gasteiger partial charge in [-0.15, -0.1) is 0 Å². The Morgan fingerprint density at radius 3 is 0.617 bits per heavy atom. The summed E-state index contributed by atoms with van der Waals surface area (Å²) < 4.78 is 60.8. The van der Waals surface area contributed by atoms with Crippen LogP contribution in [0.25, 0.3) is 0 Å². The molecule has 2 aliphatic heterocycles. The number of hydrogen-bond donors (Lipinski definition) is 0. The van der Waals surface area contributed by atoms with Gasteiger partial charge in [-0.2, -0.15) is 5.26 Å². The summed E-state index contributed by atoms with van der Waals surface area (Å²) in [6.07, 6.45) is 8.51. The Labute approximate surface area is 493 Å². The van der Waals surface area contributed by atoms with Crippen LogP contribution in [-0.2, 0) is 19.5 Å². The average Bonchev–Trinajstić information content (AvgIpc) is 3.54. The molecule has 8 aromatic carbocycles. The van der Waals surface area contributed by atoms with Crippen LogP contribution in [0.3, 0.4) is 0 Å². The Kier molecular flexibility index (Phi) is 26.1. The van der Waals surface area contributed by atoms with E-state index in [0.29, 0.717) is 0 Å². The van der Waals surface area contributed by atoms with Crippen LogP contribution in [0.2, 0.25) is 0 Å². The first-order valence-corrected chi connectivity index (χ1v) is 33.9. The molecular weight excluding hydrogens is 1190 g/mol. The summed E-state index contributed by atoms with van der Waals surface area (Å²) in [5, 5.41) is 13.2. The van der Waals surface area contributed by atoms with E-state index in [1.807, 2.05) is 0 Å². The molecule has 81 heavy (non-hydrogen) atoms. The monoisotopic (exact) mass is 1260 g/mol. The van der Waals surface area contributed by atoms with Crippen molar-refractivity contribution in [3.8, 4) is 29.1 Å². The normalized spacial score (nSPS) is 17.1. The van der Waals surface area contributed by atoms with Crippen LogP contribution < -0.4 is 59.8 Å². The Morgan fingerprint density at radius 1 is 0.333 bits per heavy atom. The number of nitriles is 1. The quantitative estimate of drug-likeness (QED) is 0.0676. The first kappa shape index (κ1) is 64.0. The molecule has 425 valence electrons. The molecular formula is C62H71BF4N5O4P4Rh+3. The Balaban J connectivity index is 0.000000228. The SMILES string of the molecule is CC#N.COc1ccc(N2C[PH+](c3ccccc3)CN(c3ccc(OC)cc3)C[PH+](c3ccccc3)C2)cc1.COc1ccc(N2C[PH+](c3ccccc3)CN(c3ccc(OC)cc3)C[PH+](c3ccccc3)C2)cc1.F[B-](F)(F)F.[Rh]. The van der Waals surface area contributed by atoms with Crippen LogP contribution in [0.15, 0.2) is 218 Å². The van der Waals surface area contributed by atoms with E-state index in [1.165, 1.54) is 50.9 Å². The molecule has 0 saturated carbocycles. The first-order chi connectivity index (χ1) is 38.9. The second-order valence-electron chi connectivity index (χ2n) is 18.8. The molecule has 0 amide bonds. The summed E-state index contributed by atoms with van der Waals surface area (Å²) in [6.45, 7) is 1.43. The Bertz CT molecular complexity index is 2660. The topological polar surface area (TPSA) is 73.7 Å². The predicted octanol–water partition coefficient (Wildman–Crippen LogP) is 13.7. The molecule has 1 radical (unpaired) electrons. The van der Waals surface area contributed by atoms with Crippen LogP contribution in [-0.4, -0.2) is 86.0 Å². The molecule has 0 aromatic heterocycles. The summed E-state index contributed by atoms with van der Waals surface area (Å²) in [4.78, 5) is 10.6. The summed E-state index contributed by atoms with van der Waals surface area (Å²) in [7, 11) is -2.71. The minimum absolute atomic E-state index is 0. The van der Waals surface area contributed by atoms with Gasteiger partial charge in [0, 0.05) is 49.2 Å². The van der Waals surface area contributed by atoms with E-state index in [4.69, 9.17) is 24.2 Å². The minimum Gasteiger partial charge on any atom is -0.497 e. The van der Waals surface area contributed by atoms with Crippen molar-refractivity contribution in [3.05, 3.63) is 218 Å². The van der Waals surface area contributed by atoms with E-state index in [9.17, 15) is 17.3 Å². The first-order valence-electron chi connectivity index (χ1n) is 26.2. The molecule has 8 aromatic rings. The van der Waals surface area contributed by atoms with Gasteiger partial charge in [-0.25, -0.2) is 0 Å². The van der Waals surface area contributed by atoms with Crippen molar-refractivity contribution >= 4 is 82.9 Å². The van der Waals surface area contributed by atoms with Crippen molar-refractivity contribution in [1.82, 2.24) is 0 Å². The maximum absolute atomic E-state index is 9.75. The van der Waals surface area contributed by atoms with Crippen LogP contribution in [0, 0.1) is 11.3 Å². The fourth-order valence-corrected chi connectivity index (χ4v) is 21.0. The van der Waals surface area contributed by atoms with E-state index < -0.39 is 38.9 Å². The second-order valence-corrected chi connectivity index (χ2v) is 28.5. The summed E-state index contributed by atoms with van der Waals surface area (Å²) in [5.41, 5.74) is 5.13. The van der Waals surface area contributed by atoms with Gasteiger partial charge < -0.3 is 55.8 Å². The predicted molar refractivity (Wildman–Crippen MR) is 340 cm³/mol. The third-order valence-corrected chi connectivity index (χ3v) is 24.2. The standard InChI is InChI=1S/2C30H32N2O2P2.C2H3N.BF4.Rh/c2*1-33-27-17-13-25(14-18-27)31-21-35(29-9-5-3-6-10-29)23-32(26-15-19-28(34-2)20-16-26)24-36(22-31)30-11-7-4-8-12-30;1-2-3;2-1(3,4)5;/h2*3-20H,21-24H2,1-2H3;1H3;;/q;;;-1;/p+4. The van der Waals surface area contributed by atoms with Gasteiger partial charge in [0.15, 0.2) is 0 Å². The van der Waals surface area contributed by atoms with E-state index in [0.717, 1.165) is 73.3 Å². The van der Waals surface area contributed by atoms with Crippen LogP contribution in [0.1, 0.15) is 6.92 Å².